The van der Waals surface area contributed by atoms with Gasteiger partial charge in [0.25, 0.3) is 5.88 Å². The van der Waals surface area contributed by atoms with Gasteiger partial charge in [-0.05, 0) is 73.7 Å². The third-order valence-electron chi connectivity index (χ3n) is 6.70. The molecule has 0 atom stereocenters. The Morgan fingerprint density at radius 2 is 1.67 bits per heavy atom. The summed E-state index contributed by atoms with van der Waals surface area (Å²) in [6.07, 6.45) is 3.78. The Kier molecular flexibility index (Phi) is 8.32. The number of hydrogen-bond donors (Lipinski definition) is 0. The van der Waals surface area contributed by atoms with Gasteiger partial charge in [-0.3, -0.25) is 0 Å². The molecule has 0 N–H and O–H groups in total. The van der Waals surface area contributed by atoms with Crippen LogP contribution in [0.4, 0.5) is 5.69 Å². The molecule has 0 bridgehead atoms. The predicted molar refractivity (Wildman–Crippen MR) is 151 cm³/mol. The topological polar surface area (TPSA) is 78.7 Å². The fourth-order valence-corrected chi connectivity index (χ4v) is 4.93. The van der Waals surface area contributed by atoms with E-state index in [0.717, 1.165) is 35.5 Å². The van der Waals surface area contributed by atoms with Gasteiger partial charge in [0, 0.05) is 30.4 Å². The highest BCUT2D eigenvalue weighted by atomic mass is 35.5. The number of halogens is 1. The molecule has 0 amide bonds. The van der Waals surface area contributed by atoms with Crippen LogP contribution in [-0.4, -0.2) is 47.8 Å². The number of esters is 1. The van der Waals surface area contributed by atoms with Crippen LogP contribution in [0.3, 0.4) is 0 Å². The number of nitrogens with zero attached hydrogens (tertiary/aromatic N) is 4. The van der Waals surface area contributed by atoms with E-state index in [2.05, 4.69) is 39.5 Å². The standard InChI is InChI=1S/C30H31ClN4O4/c1-3-38-30(36)28-29(35(33-32-28)20-21-7-13-24(37-2)14-8-21)39-25-15-16-26(27(31)19-25)22-9-11-23(12-10-22)34-17-5-4-6-18-34/h7-16,19H,3-6,17-18,20H2,1-2H3. The predicted octanol–water partition coefficient (Wildman–Crippen LogP) is 6.61. The van der Waals surface area contributed by atoms with Gasteiger partial charge < -0.3 is 19.1 Å². The van der Waals surface area contributed by atoms with Gasteiger partial charge in [0.1, 0.15) is 11.5 Å². The summed E-state index contributed by atoms with van der Waals surface area (Å²) in [7, 11) is 1.62. The third-order valence-corrected chi connectivity index (χ3v) is 7.02. The zero-order valence-electron chi connectivity index (χ0n) is 22.1. The molecule has 1 fully saturated rings. The van der Waals surface area contributed by atoms with Crippen molar-refractivity contribution in [2.45, 2.75) is 32.7 Å². The first-order valence-electron chi connectivity index (χ1n) is 13.1. The van der Waals surface area contributed by atoms with Gasteiger partial charge >= 0.3 is 5.97 Å². The molecule has 1 aliphatic rings. The van der Waals surface area contributed by atoms with Crippen LogP contribution in [0.1, 0.15) is 42.2 Å². The molecule has 4 aromatic rings. The van der Waals surface area contributed by atoms with Crippen LogP contribution in [0.5, 0.6) is 17.4 Å². The fraction of sp³-hybridized carbons (Fsp3) is 0.300. The number of anilines is 1. The zero-order chi connectivity index (χ0) is 27.2. The summed E-state index contributed by atoms with van der Waals surface area (Å²) in [5.41, 5.74) is 4.08. The molecule has 0 radical (unpaired) electrons. The van der Waals surface area contributed by atoms with Crippen molar-refractivity contribution in [3.63, 3.8) is 0 Å². The highest BCUT2D eigenvalue weighted by Gasteiger charge is 2.24. The smallest absolute Gasteiger partial charge is 0.364 e. The number of piperidine rings is 1. The monoisotopic (exact) mass is 546 g/mol. The molecular weight excluding hydrogens is 516 g/mol. The summed E-state index contributed by atoms with van der Waals surface area (Å²) < 4.78 is 18.1. The Hall–Kier alpha value is -4.04. The van der Waals surface area contributed by atoms with Crippen LogP contribution >= 0.6 is 11.6 Å². The van der Waals surface area contributed by atoms with Gasteiger partial charge in [0.15, 0.2) is 0 Å². The molecule has 202 valence electrons. The molecule has 9 heteroatoms. The minimum atomic E-state index is -0.606. The molecule has 0 unspecified atom stereocenters. The Morgan fingerprint density at radius 3 is 2.33 bits per heavy atom. The van der Waals surface area contributed by atoms with E-state index in [-0.39, 0.29) is 18.2 Å². The lowest BCUT2D eigenvalue weighted by molar-refractivity contribution is 0.0516. The summed E-state index contributed by atoms with van der Waals surface area (Å²) in [6, 6.07) is 21.5. The minimum absolute atomic E-state index is 0.00105. The van der Waals surface area contributed by atoms with Crippen molar-refractivity contribution in [2.24, 2.45) is 0 Å². The van der Waals surface area contributed by atoms with Gasteiger partial charge in [0.2, 0.25) is 5.69 Å². The number of carbonyl (C=O) groups excluding carboxylic acids is 1. The number of aromatic nitrogens is 3. The number of hydrogen-bond acceptors (Lipinski definition) is 7. The third kappa shape index (κ3) is 6.17. The summed E-state index contributed by atoms with van der Waals surface area (Å²) >= 11 is 6.71. The van der Waals surface area contributed by atoms with Gasteiger partial charge in [0.05, 0.1) is 25.3 Å². The molecule has 2 heterocycles. The number of methoxy groups -OCH3 is 1. The second-order valence-corrected chi connectivity index (χ2v) is 9.71. The van der Waals surface area contributed by atoms with Gasteiger partial charge in [-0.2, -0.15) is 0 Å². The second kappa shape index (κ2) is 12.2. The van der Waals surface area contributed by atoms with E-state index in [9.17, 15) is 4.79 Å². The second-order valence-electron chi connectivity index (χ2n) is 9.31. The normalized spacial score (nSPS) is 13.3. The fourth-order valence-electron chi connectivity index (χ4n) is 4.65. The first-order valence-corrected chi connectivity index (χ1v) is 13.5. The SMILES string of the molecule is CCOC(=O)c1nnn(Cc2ccc(OC)cc2)c1Oc1ccc(-c2ccc(N3CCCCC3)cc2)c(Cl)c1. The lowest BCUT2D eigenvalue weighted by Gasteiger charge is -2.28. The highest BCUT2D eigenvalue weighted by Crippen LogP contribution is 2.35. The average molecular weight is 547 g/mol. The molecule has 1 saturated heterocycles. The van der Waals surface area contributed by atoms with Crippen molar-refractivity contribution in [3.05, 3.63) is 83.0 Å². The van der Waals surface area contributed by atoms with Crippen molar-refractivity contribution < 1.29 is 19.0 Å². The van der Waals surface area contributed by atoms with Crippen molar-refractivity contribution in [1.29, 1.82) is 0 Å². The van der Waals surface area contributed by atoms with Gasteiger partial charge in [-0.1, -0.05) is 41.1 Å². The van der Waals surface area contributed by atoms with Crippen molar-refractivity contribution in [1.82, 2.24) is 15.0 Å². The molecule has 0 aliphatic carbocycles. The number of ether oxygens (including phenoxy) is 3. The molecule has 8 nitrogen and oxygen atoms in total. The van der Waals surface area contributed by atoms with Crippen LogP contribution in [0.25, 0.3) is 11.1 Å². The zero-order valence-corrected chi connectivity index (χ0v) is 22.9. The maximum atomic E-state index is 12.6. The summed E-state index contributed by atoms with van der Waals surface area (Å²) in [5, 5.41) is 8.74. The lowest BCUT2D eigenvalue weighted by Crippen LogP contribution is -2.29. The maximum absolute atomic E-state index is 12.6. The largest absolute Gasteiger partial charge is 0.497 e. The Labute approximate surface area is 233 Å². The summed E-state index contributed by atoms with van der Waals surface area (Å²) in [5.74, 6) is 0.776. The van der Waals surface area contributed by atoms with E-state index in [0.29, 0.717) is 17.3 Å². The lowest BCUT2D eigenvalue weighted by atomic mass is 10.0. The summed E-state index contributed by atoms with van der Waals surface area (Å²) in [6.45, 7) is 4.48. The molecule has 0 saturated carbocycles. The van der Waals surface area contributed by atoms with Crippen LogP contribution in [0, 0.1) is 0 Å². The van der Waals surface area contributed by atoms with E-state index >= 15 is 0 Å². The van der Waals surface area contributed by atoms with Gasteiger partial charge in [-0.25, -0.2) is 9.48 Å². The van der Waals surface area contributed by atoms with E-state index in [1.807, 2.05) is 36.4 Å². The Bertz CT molecular complexity index is 1410. The number of rotatable bonds is 9. The van der Waals surface area contributed by atoms with E-state index < -0.39 is 5.97 Å². The van der Waals surface area contributed by atoms with Crippen molar-refractivity contribution >= 4 is 23.3 Å². The van der Waals surface area contributed by atoms with Crippen LogP contribution in [0.2, 0.25) is 5.02 Å². The molecule has 5 rings (SSSR count). The summed E-state index contributed by atoms with van der Waals surface area (Å²) in [4.78, 5) is 15.0. The molecule has 1 aliphatic heterocycles. The molecular formula is C30H31ClN4O4. The van der Waals surface area contributed by atoms with E-state index in [1.165, 1.54) is 29.6 Å². The Balaban J connectivity index is 1.38. The molecule has 0 spiro atoms. The van der Waals surface area contributed by atoms with Crippen LogP contribution in [0.15, 0.2) is 66.7 Å². The van der Waals surface area contributed by atoms with Crippen LogP contribution < -0.4 is 14.4 Å². The van der Waals surface area contributed by atoms with E-state index in [1.54, 1.807) is 20.1 Å². The quantitative estimate of drug-likeness (QED) is 0.218. The first-order chi connectivity index (χ1) is 19.1. The van der Waals surface area contributed by atoms with Crippen molar-refractivity contribution in [2.75, 3.05) is 31.7 Å². The maximum Gasteiger partial charge on any atom is 0.364 e. The first kappa shape index (κ1) is 26.6. The van der Waals surface area contributed by atoms with Gasteiger partial charge in [-0.15, -0.1) is 5.10 Å². The van der Waals surface area contributed by atoms with E-state index in [4.69, 9.17) is 25.8 Å². The Morgan fingerprint density at radius 1 is 0.949 bits per heavy atom. The number of carbonyl (C=O) groups is 1. The van der Waals surface area contributed by atoms with Crippen LogP contribution in [-0.2, 0) is 11.3 Å². The minimum Gasteiger partial charge on any atom is -0.497 e. The molecule has 3 aromatic carbocycles. The molecule has 1 aromatic heterocycles. The molecule has 39 heavy (non-hydrogen) atoms. The highest BCUT2D eigenvalue weighted by molar-refractivity contribution is 6.33. The average Bonchev–Trinajstić information content (AvgIpc) is 3.36. The van der Waals surface area contributed by atoms with Crippen molar-refractivity contribution in [3.8, 4) is 28.5 Å². The number of benzene rings is 3.